The Balaban J connectivity index is 1.72. The van der Waals surface area contributed by atoms with Gasteiger partial charge in [0.1, 0.15) is 6.61 Å². The van der Waals surface area contributed by atoms with Gasteiger partial charge < -0.3 is 14.5 Å². The molecule has 0 bridgehead atoms. The smallest absolute Gasteiger partial charge is 0.372 e. The minimum atomic E-state index is -4.34. The van der Waals surface area contributed by atoms with E-state index in [1.807, 2.05) is 25.1 Å². The van der Waals surface area contributed by atoms with E-state index >= 15 is 0 Å². The van der Waals surface area contributed by atoms with E-state index in [-0.39, 0.29) is 18.9 Å². The van der Waals surface area contributed by atoms with Crippen LogP contribution < -0.4 is 4.90 Å². The normalized spacial score (nSPS) is 15.8. The maximum absolute atomic E-state index is 12.0. The van der Waals surface area contributed by atoms with Crippen LogP contribution in [0, 0.1) is 6.92 Å². The Hall–Kier alpha value is -1.76. The van der Waals surface area contributed by atoms with E-state index in [4.69, 9.17) is 0 Å². The lowest BCUT2D eigenvalue weighted by Crippen LogP contribution is -2.49. The molecule has 1 aliphatic heterocycles. The van der Waals surface area contributed by atoms with E-state index in [9.17, 15) is 18.0 Å². The van der Waals surface area contributed by atoms with Crippen molar-refractivity contribution in [3.63, 3.8) is 0 Å². The Bertz CT molecular complexity index is 526. The Morgan fingerprint density at radius 2 is 1.91 bits per heavy atom. The van der Waals surface area contributed by atoms with Gasteiger partial charge >= 0.3 is 6.18 Å². The maximum Gasteiger partial charge on any atom is 0.411 e. The zero-order valence-electron chi connectivity index (χ0n) is 13.1. The molecule has 128 valence electrons. The van der Waals surface area contributed by atoms with Crippen molar-refractivity contribution in [3.8, 4) is 0 Å². The largest absolute Gasteiger partial charge is 0.411 e. The van der Waals surface area contributed by atoms with Crippen molar-refractivity contribution in [2.75, 3.05) is 44.3 Å². The minimum Gasteiger partial charge on any atom is -0.372 e. The zero-order chi connectivity index (χ0) is 16.9. The van der Waals surface area contributed by atoms with E-state index < -0.39 is 12.8 Å². The molecule has 1 aromatic carbocycles. The second kappa shape index (κ2) is 7.68. The molecule has 1 heterocycles. The summed E-state index contributed by atoms with van der Waals surface area (Å²) in [5, 5.41) is 0. The molecule has 0 atom stereocenters. The molecule has 1 aliphatic rings. The topological polar surface area (TPSA) is 32.8 Å². The van der Waals surface area contributed by atoms with Crippen molar-refractivity contribution in [3.05, 3.63) is 29.8 Å². The molecule has 1 fully saturated rings. The van der Waals surface area contributed by atoms with Gasteiger partial charge in [-0.15, -0.1) is 0 Å². The molecule has 0 unspecified atom stereocenters. The first-order valence-electron chi connectivity index (χ1n) is 7.59. The fourth-order valence-electron chi connectivity index (χ4n) is 2.54. The summed E-state index contributed by atoms with van der Waals surface area (Å²) < 4.78 is 40.3. The van der Waals surface area contributed by atoms with Crippen LogP contribution in [0.2, 0.25) is 0 Å². The Morgan fingerprint density at radius 1 is 1.22 bits per heavy atom. The predicted molar refractivity (Wildman–Crippen MR) is 81.5 cm³/mol. The number of aryl methyl sites for hydroxylation is 1. The Kier molecular flexibility index (Phi) is 5.87. The number of benzene rings is 1. The zero-order valence-corrected chi connectivity index (χ0v) is 13.1. The molecule has 4 nitrogen and oxygen atoms in total. The molecule has 7 heteroatoms. The second-order valence-corrected chi connectivity index (χ2v) is 5.62. The van der Waals surface area contributed by atoms with Crippen molar-refractivity contribution in [1.82, 2.24) is 4.90 Å². The average molecular weight is 330 g/mol. The molecule has 0 aliphatic carbocycles. The number of rotatable bonds is 5. The summed E-state index contributed by atoms with van der Waals surface area (Å²) in [5.41, 5.74) is 2.31. The summed E-state index contributed by atoms with van der Waals surface area (Å²) in [6.45, 7) is 3.12. The van der Waals surface area contributed by atoms with Gasteiger partial charge in [-0.1, -0.05) is 12.1 Å². The Labute approximate surface area is 133 Å². The van der Waals surface area contributed by atoms with Crippen LogP contribution in [-0.2, 0) is 9.53 Å². The third-order valence-corrected chi connectivity index (χ3v) is 3.73. The maximum atomic E-state index is 12.0. The van der Waals surface area contributed by atoms with Crippen molar-refractivity contribution in [1.29, 1.82) is 0 Å². The second-order valence-electron chi connectivity index (χ2n) is 5.62. The van der Waals surface area contributed by atoms with E-state index in [0.29, 0.717) is 13.1 Å². The van der Waals surface area contributed by atoms with Crippen LogP contribution in [0.4, 0.5) is 18.9 Å². The lowest BCUT2D eigenvalue weighted by Gasteiger charge is -2.36. The SMILES string of the molecule is Cc1cccc(N2CCN(C(=O)CCOCC(F)(F)F)CC2)c1. The molecule has 0 saturated carbocycles. The molecule has 0 spiro atoms. The van der Waals surface area contributed by atoms with Gasteiger partial charge in [0.05, 0.1) is 13.0 Å². The highest BCUT2D eigenvalue weighted by atomic mass is 19.4. The van der Waals surface area contributed by atoms with Crippen molar-refractivity contribution >= 4 is 11.6 Å². The summed E-state index contributed by atoms with van der Waals surface area (Å²) in [5.74, 6) is -0.156. The third kappa shape index (κ3) is 5.74. The lowest BCUT2D eigenvalue weighted by molar-refractivity contribution is -0.175. The van der Waals surface area contributed by atoms with Crippen molar-refractivity contribution in [2.45, 2.75) is 19.5 Å². The number of ether oxygens (including phenoxy) is 1. The van der Waals surface area contributed by atoms with E-state index in [0.717, 1.165) is 18.8 Å². The average Bonchev–Trinajstić information content (AvgIpc) is 2.50. The highest BCUT2D eigenvalue weighted by Gasteiger charge is 2.27. The Morgan fingerprint density at radius 3 is 2.52 bits per heavy atom. The quantitative estimate of drug-likeness (QED) is 0.778. The molecule has 2 rings (SSSR count). The number of amides is 1. The number of hydrogen-bond donors (Lipinski definition) is 0. The molecule has 0 N–H and O–H groups in total. The number of halogens is 3. The molecular weight excluding hydrogens is 309 g/mol. The number of hydrogen-bond acceptors (Lipinski definition) is 3. The third-order valence-electron chi connectivity index (χ3n) is 3.73. The van der Waals surface area contributed by atoms with E-state index in [1.165, 1.54) is 5.56 Å². The van der Waals surface area contributed by atoms with Gasteiger partial charge in [0.2, 0.25) is 5.91 Å². The first kappa shape index (κ1) is 17.6. The predicted octanol–water partition coefficient (Wildman–Crippen LogP) is 2.61. The lowest BCUT2D eigenvalue weighted by atomic mass is 10.2. The molecule has 1 saturated heterocycles. The molecule has 0 radical (unpaired) electrons. The van der Waals surface area contributed by atoms with Crippen LogP contribution >= 0.6 is 0 Å². The first-order valence-corrected chi connectivity index (χ1v) is 7.59. The van der Waals surface area contributed by atoms with Crippen LogP contribution in [0.1, 0.15) is 12.0 Å². The van der Waals surface area contributed by atoms with Gasteiger partial charge in [-0.3, -0.25) is 4.79 Å². The van der Waals surface area contributed by atoms with E-state index in [2.05, 4.69) is 15.7 Å². The summed E-state index contributed by atoms with van der Waals surface area (Å²) in [4.78, 5) is 15.9. The van der Waals surface area contributed by atoms with Crippen molar-refractivity contribution in [2.24, 2.45) is 0 Å². The fraction of sp³-hybridized carbons (Fsp3) is 0.562. The van der Waals surface area contributed by atoms with Crippen molar-refractivity contribution < 1.29 is 22.7 Å². The van der Waals surface area contributed by atoms with Crippen LogP contribution in [0.3, 0.4) is 0 Å². The summed E-state index contributed by atoms with van der Waals surface area (Å²) in [6, 6.07) is 8.17. The van der Waals surface area contributed by atoms with Gasteiger partial charge in [0.25, 0.3) is 0 Å². The molecule has 23 heavy (non-hydrogen) atoms. The summed E-state index contributed by atoms with van der Waals surface area (Å²) in [7, 11) is 0. The van der Waals surface area contributed by atoms with Crippen LogP contribution in [-0.4, -0.2) is 56.4 Å². The number of anilines is 1. The van der Waals surface area contributed by atoms with Gasteiger partial charge in [-0.2, -0.15) is 13.2 Å². The summed E-state index contributed by atoms with van der Waals surface area (Å²) >= 11 is 0. The highest BCUT2D eigenvalue weighted by Crippen LogP contribution is 2.18. The van der Waals surface area contributed by atoms with Crippen LogP contribution in [0.15, 0.2) is 24.3 Å². The van der Waals surface area contributed by atoms with Gasteiger partial charge in [0.15, 0.2) is 0 Å². The van der Waals surface area contributed by atoms with Gasteiger partial charge in [0, 0.05) is 31.9 Å². The number of piperazine rings is 1. The van der Waals surface area contributed by atoms with Gasteiger partial charge in [-0.25, -0.2) is 0 Å². The van der Waals surface area contributed by atoms with E-state index in [1.54, 1.807) is 4.90 Å². The molecular formula is C16H21F3N2O2. The number of carbonyl (C=O) groups is 1. The standard InChI is InChI=1S/C16H21F3N2O2/c1-13-3-2-4-14(11-13)20-6-8-21(9-7-20)15(22)5-10-23-12-16(17,18)19/h2-4,11H,5-10,12H2,1H3. The monoisotopic (exact) mass is 330 g/mol. The molecule has 1 aromatic rings. The number of alkyl halides is 3. The first-order chi connectivity index (χ1) is 10.8. The highest BCUT2D eigenvalue weighted by molar-refractivity contribution is 5.76. The molecule has 0 aromatic heterocycles. The number of nitrogens with zero attached hydrogens (tertiary/aromatic N) is 2. The number of carbonyl (C=O) groups excluding carboxylic acids is 1. The van der Waals surface area contributed by atoms with Crippen LogP contribution in [0.5, 0.6) is 0 Å². The van der Waals surface area contributed by atoms with Gasteiger partial charge in [-0.05, 0) is 24.6 Å². The summed E-state index contributed by atoms with van der Waals surface area (Å²) in [6.07, 6.45) is -4.36. The fourth-order valence-corrected chi connectivity index (χ4v) is 2.54. The minimum absolute atomic E-state index is 0.0134. The van der Waals surface area contributed by atoms with Crippen LogP contribution in [0.25, 0.3) is 0 Å². The molecule has 1 amide bonds.